The van der Waals surface area contributed by atoms with Crippen LogP contribution in [0.3, 0.4) is 0 Å². The molecule has 1 aromatic carbocycles. The lowest BCUT2D eigenvalue weighted by Crippen LogP contribution is -2.33. The summed E-state index contributed by atoms with van der Waals surface area (Å²) >= 11 is 12.5. The van der Waals surface area contributed by atoms with Gasteiger partial charge in [-0.3, -0.25) is 9.20 Å². The molecule has 3 aromatic heterocycles. The number of aromatic nitrogens is 4. The average Bonchev–Trinajstić information content (AvgIpc) is 3.30. The maximum absolute atomic E-state index is 12.9. The summed E-state index contributed by atoms with van der Waals surface area (Å²) in [5, 5.41) is 10.6. The Morgan fingerprint density at radius 1 is 1.06 bits per heavy atom. The van der Waals surface area contributed by atoms with Crippen LogP contribution in [0.25, 0.3) is 16.9 Å². The van der Waals surface area contributed by atoms with E-state index in [2.05, 4.69) is 25.9 Å². The molecule has 188 valence electrons. The molecule has 0 saturated carbocycles. The van der Waals surface area contributed by atoms with Crippen molar-refractivity contribution in [2.24, 2.45) is 0 Å². The Kier molecular flexibility index (Phi) is 8.12. The number of anilines is 3. The molecule has 0 bridgehead atoms. The van der Waals surface area contributed by atoms with Gasteiger partial charge in [0.25, 0.3) is 5.91 Å². The molecule has 0 unspecified atom stereocenters. The molecular weight excluding hydrogens is 499 g/mol. The number of nitrogens with one attached hydrogen (secondary N) is 3. The lowest BCUT2D eigenvalue weighted by atomic mass is 10.1. The number of amides is 1. The van der Waals surface area contributed by atoms with Gasteiger partial charge in [0.05, 0.1) is 22.6 Å². The molecule has 3 heterocycles. The highest BCUT2D eigenvalue weighted by Crippen LogP contribution is 2.31. The number of carbonyl (C=O) groups is 1. The van der Waals surface area contributed by atoms with Gasteiger partial charge in [-0.15, -0.1) is 0 Å². The second-order valence-corrected chi connectivity index (χ2v) is 9.10. The summed E-state index contributed by atoms with van der Waals surface area (Å²) < 4.78 is 1.76. The SMILES string of the molecule is CCC(CC)NC(=O)c1cn2c(NCCNc3ccc(N)cn3)nc(-c3ccc(Cl)cc3Cl)cc2n1. The van der Waals surface area contributed by atoms with Gasteiger partial charge in [0, 0.05) is 42.0 Å². The van der Waals surface area contributed by atoms with Crippen LogP contribution in [0.15, 0.2) is 48.8 Å². The molecule has 0 aliphatic carbocycles. The number of imidazole rings is 1. The van der Waals surface area contributed by atoms with Crippen molar-refractivity contribution >= 4 is 52.2 Å². The summed E-state index contributed by atoms with van der Waals surface area (Å²) in [4.78, 5) is 26.4. The summed E-state index contributed by atoms with van der Waals surface area (Å²) in [6.07, 6.45) is 4.97. The summed E-state index contributed by atoms with van der Waals surface area (Å²) in [5.74, 6) is 1.02. The van der Waals surface area contributed by atoms with Crippen molar-refractivity contribution in [1.82, 2.24) is 24.7 Å². The minimum atomic E-state index is -0.222. The highest BCUT2D eigenvalue weighted by molar-refractivity contribution is 6.36. The van der Waals surface area contributed by atoms with E-state index in [1.54, 1.807) is 41.1 Å². The number of nitrogens with zero attached hydrogens (tertiary/aromatic N) is 4. The number of rotatable bonds is 10. The quantitative estimate of drug-likeness (QED) is 0.211. The Morgan fingerprint density at radius 3 is 2.53 bits per heavy atom. The first-order valence-electron chi connectivity index (χ1n) is 11.7. The Balaban J connectivity index is 1.62. The van der Waals surface area contributed by atoms with E-state index in [0.717, 1.165) is 12.8 Å². The van der Waals surface area contributed by atoms with E-state index in [1.807, 2.05) is 26.0 Å². The first-order chi connectivity index (χ1) is 17.4. The third-order valence-electron chi connectivity index (χ3n) is 5.71. The number of nitrogen functional groups attached to an aromatic ring is 1. The molecule has 0 aliphatic heterocycles. The van der Waals surface area contributed by atoms with Gasteiger partial charge in [0.15, 0.2) is 0 Å². The molecule has 0 aliphatic rings. The predicted molar refractivity (Wildman–Crippen MR) is 146 cm³/mol. The molecule has 9 nitrogen and oxygen atoms in total. The molecule has 4 aromatic rings. The van der Waals surface area contributed by atoms with Crippen LogP contribution in [0, 0.1) is 0 Å². The highest BCUT2D eigenvalue weighted by atomic mass is 35.5. The number of carbonyl (C=O) groups excluding carboxylic acids is 1. The number of halogens is 2. The number of nitrogens with two attached hydrogens (primary N) is 1. The third kappa shape index (κ3) is 5.98. The van der Waals surface area contributed by atoms with E-state index in [4.69, 9.17) is 33.9 Å². The fourth-order valence-corrected chi connectivity index (χ4v) is 4.19. The van der Waals surface area contributed by atoms with Crippen LogP contribution in [0.2, 0.25) is 10.0 Å². The normalized spacial score (nSPS) is 11.1. The van der Waals surface area contributed by atoms with Gasteiger partial charge in [-0.2, -0.15) is 0 Å². The highest BCUT2D eigenvalue weighted by Gasteiger charge is 2.18. The van der Waals surface area contributed by atoms with E-state index in [-0.39, 0.29) is 11.9 Å². The monoisotopic (exact) mass is 526 g/mol. The molecule has 0 fully saturated rings. The molecule has 5 N–H and O–H groups in total. The zero-order chi connectivity index (χ0) is 25.7. The number of hydrogen-bond donors (Lipinski definition) is 4. The summed E-state index contributed by atoms with van der Waals surface area (Å²) in [6, 6.07) is 10.7. The molecule has 4 rings (SSSR count). The molecule has 1 amide bonds. The largest absolute Gasteiger partial charge is 0.397 e. The van der Waals surface area contributed by atoms with E-state index in [9.17, 15) is 4.79 Å². The number of benzene rings is 1. The lowest BCUT2D eigenvalue weighted by Gasteiger charge is -2.13. The maximum atomic E-state index is 12.9. The zero-order valence-corrected chi connectivity index (χ0v) is 21.6. The third-order valence-corrected chi connectivity index (χ3v) is 6.26. The first-order valence-corrected chi connectivity index (χ1v) is 12.5. The number of pyridine rings is 1. The van der Waals surface area contributed by atoms with Crippen molar-refractivity contribution in [3.05, 3.63) is 64.5 Å². The van der Waals surface area contributed by atoms with E-state index in [1.165, 1.54) is 0 Å². The first kappa shape index (κ1) is 25.5. The van der Waals surface area contributed by atoms with Crippen molar-refractivity contribution < 1.29 is 4.79 Å². The van der Waals surface area contributed by atoms with Gasteiger partial charge in [0.2, 0.25) is 5.95 Å². The minimum absolute atomic E-state index is 0.0921. The van der Waals surface area contributed by atoms with E-state index < -0.39 is 0 Å². The topological polar surface area (TPSA) is 122 Å². The molecule has 0 saturated heterocycles. The molecule has 36 heavy (non-hydrogen) atoms. The van der Waals surface area contributed by atoms with Gasteiger partial charge in [-0.25, -0.2) is 15.0 Å². The fraction of sp³-hybridized carbons (Fsp3) is 0.280. The summed E-state index contributed by atoms with van der Waals surface area (Å²) in [6.45, 7) is 5.18. The zero-order valence-electron chi connectivity index (χ0n) is 20.1. The predicted octanol–water partition coefficient (Wildman–Crippen LogP) is 5.12. The van der Waals surface area contributed by atoms with Crippen molar-refractivity contribution in [3.63, 3.8) is 0 Å². The van der Waals surface area contributed by atoms with Crippen molar-refractivity contribution in [2.45, 2.75) is 32.7 Å². The lowest BCUT2D eigenvalue weighted by molar-refractivity contribution is 0.0930. The van der Waals surface area contributed by atoms with Crippen LogP contribution in [-0.4, -0.2) is 44.4 Å². The van der Waals surface area contributed by atoms with Crippen LogP contribution >= 0.6 is 23.2 Å². The van der Waals surface area contributed by atoms with Crippen LogP contribution in [0.1, 0.15) is 37.2 Å². The van der Waals surface area contributed by atoms with Crippen molar-refractivity contribution in [1.29, 1.82) is 0 Å². The van der Waals surface area contributed by atoms with Crippen LogP contribution in [0.4, 0.5) is 17.5 Å². The standard InChI is InChI=1S/C25H28Cl2N8O/c1-3-17(4-2)32-24(36)21-14-35-23(33-21)12-20(18-7-5-15(26)11-19(18)27)34-25(35)30-10-9-29-22-8-6-16(28)13-31-22/h5-8,11-14,17H,3-4,9-10,28H2,1-2H3,(H,29,31)(H,30,34)(H,32,36). The van der Waals surface area contributed by atoms with Gasteiger partial charge in [-0.05, 0) is 43.2 Å². The minimum Gasteiger partial charge on any atom is -0.397 e. The fourth-order valence-electron chi connectivity index (χ4n) is 3.68. The van der Waals surface area contributed by atoms with Crippen molar-refractivity contribution in [3.8, 4) is 11.3 Å². The summed E-state index contributed by atoms with van der Waals surface area (Å²) in [5.41, 5.74) is 8.50. The van der Waals surface area contributed by atoms with E-state index >= 15 is 0 Å². The second-order valence-electron chi connectivity index (χ2n) is 8.26. The van der Waals surface area contributed by atoms with Crippen LogP contribution < -0.4 is 21.7 Å². The Hall–Kier alpha value is -3.56. The Bertz CT molecular complexity index is 1350. The second kappa shape index (κ2) is 11.5. The molecule has 11 heteroatoms. The van der Waals surface area contributed by atoms with Crippen LogP contribution in [-0.2, 0) is 0 Å². The molecule has 0 atom stereocenters. The van der Waals surface area contributed by atoms with E-state index in [0.29, 0.717) is 63.2 Å². The summed E-state index contributed by atoms with van der Waals surface area (Å²) in [7, 11) is 0. The van der Waals surface area contributed by atoms with Gasteiger partial charge >= 0.3 is 0 Å². The number of fused-ring (bicyclic) bond motifs is 1. The van der Waals surface area contributed by atoms with Gasteiger partial charge < -0.3 is 21.7 Å². The molecule has 0 radical (unpaired) electrons. The maximum Gasteiger partial charge on any atom is 0.271 e. The van der Waals surface area contributed by atoms with Crippen LogP contribution in [0.5, 0.6) is 0 Å². The number of hydrogen-bond acceptors (Lipinski definition) is 7. The smallest absolute Gasteiger partial charge is 0.271 e. The average molecular weight is 527 g/mol. The van der Waals surface area contributed by atoms with Crippen molar-refractivity contribution in [2.75, 3.05) is 29.5 Å². The molecular formula is C25H28Cl2N8O. The Morgan fingerprint density at radius 2 is 1.83 bits per heavy atom. The van der Waals surface area contributed by atoms with Gasteiger partial charge in [0.1, 0.15) is 17.2 Å². The molecule has 0 spiro atoms. The Labute approximate surface area is 219 Å². The van der Waals surface area contributed by atoms with Gasteiger partial charge in [-0.1, -0.05) is 37.0 Å².